The Hall–Kier alpha value is -2.34. The second kappa shape index (κ2) is 6.04. The van der Waals surface area contributed by atoms with Crippen molar-refractivity contribution in [1.82, 2.24) is 4.90 Å². The van der Waals surface area contributed by atoms with Crippen molar-refractivity contribution in [2.24, 2.45) is 0 Å². The first-order valence-corrected chi connectivity index (χ1v) is 7.55. The first-order chi connectivity index (χ1) is 11.0. The standard InChI is InChI=1S/C17H19NO5/c1-10-5-13-12(9-23-14(13)6-11(10)2)7-16(19)18-3-4-22-15(8-18)17(20)21/h5-6,9,15H,3-4,7-8H2,1-2H3,(H,20,21)/t15-/m1/s1. The number of hydrogen-bond acceptors (Lipinski definition) is 4. The maximum absolute atomic E-state index is 12.5. The van der Waals surface area contributed by atoms with Crippen molar-refractivity contribution < 1.29 is 23.8 Å². The SMILES string of the molecule is Cc1cc2occ(CC(=O)N3CCO[C@@H](C(=O)O)C3)c2cc1C. The Balaban J connectivity index is 1.78. The minimum atomic E-state index is -1.04. The number of carbonyl (C=O) groups is 2. The van der Waals surface area contributed by atoms with E-state index in [0.717, 1.165) is 27.7 Å². The van der Waals surface area contributed by atoms with E-state index in [4.69, 9.17) is 14.3 Å². The van der Waals surface area contributed by atoms with Crippen LogP contribution in [0.25, 0.3) is 11.0 Å². The maximum atomic E-state index is 12.5. The zero-order valence-electron chi connectivity index (χ0n) is 13.2. The van der Waals surface area contributed by atoms with Gasteiger partial charge in [-0.2, -0.15) is 0 Å². The molecule has 1 aromatic carbocycles. The Labute approximate surface area is 133 Å². The molecule has 1 amide bonds. The van der Waals surface area contributed by atoms with Crippen molar-refractivity contribution in [3.8, 4) is 0 Å². The number of ether oxygens (including phenoxy) is 1. The highest BCUT2D eigenvalue weighted by Crippen LogP contribution is 2.25. The molecule has 0 saturated carbocycles. The van der Waals surface area contributed by atoms with Gasteiger partial charge in [0, 0.05) is 17.5 Å². The van der Waals surface area contributed by atoms with Crippen molar-refractivity contribution in [3.63, 3.8) is 0 Å². The average molecular weight is 317 g/mol. The van der Waals surface area contributed by atoms with Crippen molar-refractivity contribution >= 4 is 22.8 Å². The van der Waals surface area contributed by atoms with Gasteiger partial charge >= 0.3 is 5.97 Å². The number of furan rings is 1. The largest absolute Gasteiger partial charge is 0.479 e. The Morgan fingerprint density at radius 3 is 2.78 bits per heavy atom. The topological polar surface area (TPSA) is 80.0 Å². The van der Waals surface area contributed by atoms with Crippen LogP contribution in [0.5, 0.6) is 0 Å². The number of aliphatic carboxylic acids is 1. The van der Waals surface area contributed by atoms with Gasteiger partial charge in [0.2, 0.25) is 5.91 Å². The highest BCUT2D eigenvalue weighted by Gasteiger charge is 2.29. The summed E-state index contributed by atoms with van der Waals surface area (Å²) in [5.41, 5.74) is 3.87. The third kappa shape index (κ3) is 3.07. The number of carbonyl (C=O) groups excluding carboxylic acids is 1. The van der Waals surface area contributed by atoms with Crippen molar-refractivity contribution in [2.75, 3.05) is 19.7 Å². The lowest BCUT2D eigenvalue weighted by molar-refractivity contribution is -0.159. The molecule has 0 aliphatic carbocycles. The lowest BCUT2D eigenvalue weighted by atomic mass is 10.0. The number of rotatable bonds is 3. The van der Waals surface area contributed by atoms with Gasteiger partial charge in [0.15, 0.2) is 6.10 Å². The Bertz CT molecular complexity index is 764. The van der Waals surface area contributed by atoms with Crippen molar-refractivity contribution in [1.29, 1.82) is 0 Å². The molecule has 1 atom stereocenters. The van der Waals surface area contributed by atoms with Crippen molar-refractivity contribution in [3.05, 3.63) is 35.1 Å². The second-order valence-electron chi connectivity index (χ2n) is 5.91. The minimum Gasteiger partial charge on any atom is -0.479 e. The van der Waals surface area contributed by atoms with Crippen LogP contribution in [0.1, 0.15) is 16.7 Å². The molecule has 1 aliphatic heterocycles. The summed E-state index contributed by atoms with van der Waals surface area (Å²) < 4.78 is 10.7. The lowest BCUT2D eigenvalue weighted by Gasteiger charge is -2.30. The first-order valence-electron chi connectivity index (χ1n) is 7.55. The lowest BCUT2D eigenvalue weighted by Crippen LogP contribution is -2.49. The molecule has 0 bridgehead atoms. The molecule has 0 spiro atoms. The molecule has 3 rings (SSSR count). The molecule has 0 unspecified atom stereocenters. The summed E-state index contributed by atoms with van der Waals surface area (Å²) in [4.78, 5) is 25.0. The molecule has 2 aromatic rings. The molecule has 1 aliphatic rings. The highest BCUT2D eigenvalue weighted by atomic mass is 16.5. The maximum Gasteiger partial charge on any atom is 0.334 e. The van der Waals surface area contributed by atoms with Gasteiger partial charge in [-0.3, -0.25) is 4.79 Å². The minimum absolute atomic E-state index is 0.0854. The number of hydrogen-bond donors (Lipinski definition) is 1. The molecule has 6 heteroatoms. The molecule has 23 heavy (non-hydrogen) atoms. The highest BCUT2D eigenvalue weighted by molar-refractivity contribution is 5.88. The third-order valence-corrected chi connectivity index (χ3v) is 4.31. The van der Waals surface area contributed by atoms with E-state index in [0.29, 0.717) is 6.54 Å². The fourth-order valence-corrected chi connectivity index (χ4v) is 2.77. The van der Waals surface area contributed by atoms with Gasteiger partial charge in [0.1, 0.15) is 5.58 Å². The van der Waals surface area contributed by atoms with Crippen LogP contribution in [0.3, 0.4) is 0 Å². The first kappa shape index (κ1) is 15.6. The number of aryl methyl sites for hydroxylation is 2. The number of carboxylic acids is 1. The molecular weight excluding hydrogens is 298 g/mol. The van der Waals surface area contributed by atoms with Crippen LogP contribution < -0.4 is 0 Å². The van der Waals surface area contributed by atoms with Crippen LogP contribution >= 0.6 is 0 Å². The summed E-state index contributed by atoms with van der Waals surface area (Å²) in [5, 5.41) is 9.95. The van der Waals surface area contributed by atoms with Crippen LogP contribution in [-0.4, -0.2) is 47.7 Å². The summed E-state index contributed by atoms with van der Waals surface area (Å²) in [6, 6.07) is 3.99. The van der Waals surface area contributed by atoms with E-state index in [1.807, 2.05) is 26.0 Å². The predicted molar refractivity (Wildman–Crippen MR) is 83.3 cm³/mol. The monoisotopic (exact) mass is 317 g/mol. The van der Waals surface area contributed by atoms with E-state index >= 15 is 0 Å². The molecule has 122 valence electrons. The Morgan fingerprint density at radius 1 is 1.30 bits per heavy atom. The summed E-state index contributed by atoms with van der Waals surface area (Å²) in [6.45, 7) is 4.78. The molecule has 1 fully saturated rings. The Kier molecular flexibility index (Phi) is 4.09. The van der Waals surface area contributed by atoms with E-state index in [9.17, 15) is 9.59 Å². The van der Waals surface area contributed by atoms with Gasteiger partial charge in [-0.1, -0.05) is 0 Å². The van der Waals surface area contributed by atoms with Crippen LogP contribution in [-0.2, 0) is 20.7 Å². The zero-order valence-corrected chi connectivity index (χ0v) is 13.2. The molecular formula is C17H19NO5. The van der Waals surface area contributed by atoms with Gasteiger partial charge in [0.05, 0.1) is 25.8 Å². The normalized spacial score (nSPS) is 18.3. The molecule has 0 radical (unpaired) electrons. The zero-order chi connectivity index (χ0) is 16.6. The Morgan fingerprint density at radius 2 is 2.04 bits per heavy atom. The van der Waals surface area contributed by atoms with Gasteiger partial charge in [-0.15, -0.1) is 0 Å². The third-order valence-electron chi connectivity index (χ3n) is 4.31. The van der Waals surface area contributed by atoms with Gasteiger partial charge in [-0.05, 0) is 37.1 Å². The van der Waals surface area contributed by atoms with E-state index < -0.39 is 12.1 Å². The van der Waals surface area contributed by atoms with E-state index in [-0.39, 0.29) is 25.5 Å². The molecule has 1 aromatic heterocycles. The number of benzene rings is 1. The fourth-order valence-electron chi connectivity index (χ4n) is 2.77. The number of amides is 1. The number of fused-ring (bicyclic) bond motifs is 1. The molecule has 1 N–H and O–H groups in total. The summed E-state index contributed by atoms with van der Waals surface area (Å²) in [5.74, 6) is -1.15. The van der Waals surface area contributed by atoms with Crippen molar-refractivity contribution in [2.45, 2.75) is 26.4 Å². The number of carboxylic acid groups (broad SMARTS) is 1. The van der Waals surface area contributed by atoms with Crippen LogP contribution in [0.2, 0.25) is 0 Å². The second-order valence-corrected chi connectivity index (χ2v) is 5.91. The van der Waals surface area contributed by atoms with Crippen LogP contribution in [0.4, 0.5) is 0 Å². The van der Waals surface area contributed by atoms with Crippen LogP contribution in [0, 0.1) is 13.8 Å². The smallest absolute Gasteiger partial charge is 0.334 e. The fraction of sp³-hybridized carbons (Fsp3) is 0.412. The predicted octanol–water partition coefficient (Wildman–Crippen LogP) is 1.90. The van der Waals surface area contributed by atoms with Gasteiger partial charge in [-0.25, -0.2) is 4.79 Å². The molecule has 6 nitrogen and oxygen atoms in total. The molecule has 1 saturated heterocycles. The van der Waals surface area contributed by atoms with E-state index in [1.54, 1.807) is 11.2 Å². The summed E-state index contributed by atoms with van der Waals surface area (Å²) in [6.07, 6.45) is 0.858. The number of nitrogens with zero attached hydrogens (tertiary/aromatic N) is 1. The van der Waals surface area contributed by atoms with Crippen LogP contribution in [0.15, 0.2) is 22.8 Å². The average Bonchev–Trinajstić information content (AvgIpc) is 2.90. The van der Waals surface area contributed by atoms with Gasteiger partial charge in [0.25, 0.3) is 0 Å². The summed E-state index contributed by atoms with van der Waals surface area (Å²) in [7, 11) is 0. The number of morpholine rings is 1. The van der Waals surface area contributed by atoms with E-state index in [2.05, 4.69) is 0 Å². The van der Waals surface area contributed by atoms with Gasteiger partial charge < -0.3 is 19.2 Å². The summed E-state index contributed by atoms with van der Waals surface area (Å²) >= 11 is 0. The molecule has 2 heterocycles. The van der Waals surface area contributed by atoms with E-state index in [1.165, 1.54) is 0 Å². The quantitative estimate of drug-likeness (QED) is 0.935.